The number of rotatable bonds is 7. The maximum Gasteiger partial charge on any atom is 0.313 e. The van der Waals surface area contributed by atoms with Crippen LogP contribution in [0.4, 0.5) is 0 Å². The van der Waals surface area contributed by atoms with Crippen molar-refractivity contribution in [3.8, 4) is 11.5 Å². The van der Waals surface area contributed by atoms with Crippen molar-refractivity contribution < 1.29 is 19.0 Å². The Balaban J connectivity index is 1.02. The first kappa shape index (κ1) is 19.5. The zero-order valence-corrected chi connectivity index (χ0v) is 18.2. The molecule has 0 spiro atoms. The number of hydrogen-bond donors (Lipinski definition) is 0. The molecule has 1 aliphatic heterocycles. The van der Waals surface area contributed by atoms with E-state index in [2.05, 4.69) is 36.4 Å². The molecule has 4 aliphatic carbocycles. The molecule has 0 unspecified atom stereocenters. The van der Waals surface area contributed by atoms with Crippen LogP contribution in [-0.4, -0.2) is 19.9 Å². The second-order valence-corrected chi connectivity index (χ2v) is 10.1. The molecule has 0 saturated heterocycles. The van der Waals surface area contributed by atoms with E-state index in [9.17, 15) is 4.79 Å². The number of methoxy groups -OCH3 is 1. The minimum absolute atomic E-state index is 0.0652. The molecule has 4 nitrogen and oxygen atoms in total. The molecule has 6 rings (SSSR count). The predicted molar refractivity (Wildman–Crippen MR) is 118 cm³/mol. The topological polar surface area (TPSA) is 44.8 Å². The summed E-state index contributed by atoms with van der Waals surface area (Å²) in [4.78, 5) is 12.3. The molecule has 0 radical (unpaired) electrons. The van der Waals surface area contributed by atoms with Gasteiger partial charge in [0.2, 0.25) is 6.79 Å². The van der Waals surface area contributed by atoms with Crippen molar-refractivity contribution in [3.05, 3.63) is 48.1 Å². The number of benzene rings is 1. The summed E-state index contributed by atoms with van der Waals surface area (Å²) in [6, 6.07) is 6.34. The lowest BCUT2D eigenvalue weighted by atomic mass is 9.50. The second-order valence-electron chi connectivity index (χ2n) is 10.1. The smallest absolute Gasteiger partial charge is 0.313 e. The number of fused-ring (bicyclic) bond motifs is 1. The first-order chi connectivity index (χ1) is 15.2. The van der Waals surface area contributed by atoms with E-state index in [1.54, 1.807) is 0 Å². The van der Waals surface area contributed by atoms with E-state index in [1.165, 1.54) is 44.8 Å². The van der Waals surface area contributed by atoms with Crippen LogP contribution in [0.15, 0.2) is 42.5 Å². The number of allylic oxidation sites excluding steroid dienone is 3. The average Bonchev–Trinajstić information content (AvgIpc) is 3.39. The summed E-state index contributed by atoms with van der Waals surface area (Å²) in [6.45, 7) is 0.347. The van der Waals surface area contributed by atoms with Crippen LogP contribution >= 0.6 is 0 Å². The molecule has 164 valence electrons. The number of aryl methyl sites for hydroxylation is 1. The van der Waals surface area contributed by atoms with Crippen molar-refractivity contribution in [1.29, 1.82) is 0 Å². The summed E-state index contributed by atoms with van der Waals surface area (Å²) in [5.74, 6) is 6.58. The minimum Gasteiger partial charge on any atom is -0.469 e. The van der Waals surface area contributed by atoms with Crippen LogP contribution in [-0.2, 0) is 16.0 Å². The van der Waals surface area contributed by atoms with Gasteiger partial charge in [0.25, 0.3) is 0 Å². The second kappa shape index (κ2) is 7.72. The molecule has 31 heavy (non-hydrogen) atoms. The van der Waals surface area contributed by atoms with Gasteiger partial charge < -0.3 is 14.2 Å². The zero-order chi connectivity index (χ0) is 20.9. The monoisotopic (exact) mass is 420 g/mol. The van der Waals surface area contributed by atoms with E-state index in [-0.39, 0.29) is 11.9 Å². The van der Waals surface area contributed by atoms with Crippen molar-refractivity contribution in [2.75, 3.05) is 13.9 Å². The van der Waals surface area contributed by atoms with Crippen LogP contribution in [0.25, 0.3) is 0 Å². The molecule has 1 aromatic carbocycles. The fraction of sp³-hybridized carbons (Fsp3) is 0.593. The quantitative estimate of drug-likeness (QED) is 0.346. The van der Waals surface area contributed by atoms with Gasteiger partial charge in [0, 0.05) is 0 Å². The highest BCUT2D eigenvalue weighted by Gasteiger charge is 2.62. The van der Waals surface area contributed by atoms with Gasteiger partial charge in [0.15, 0.2) is 11.5 Å². The van der Waals surface area contributed by atoms with Crippen LogP contribution in [0.2, 0.25) is 0 Å². The van der Waals surface area contributed by atoms with Gasteiger partial charge >= 0.3 is 5.97 Å². The standard InChI is InChI=1S/C27H32O4/c1-29-27(28)21-9-8-17-14-22-18(19-10-11-20(21)25(17)26(19)22)6-4-2-3-5-16-7-12-23-24(13-16)31-15-30-23/h7-13,17-22,25-26H,2-6,14-15H2,1H3/t17-,18+,19-,20-,21-,22-,25-,26-/m0/s1. The fourth-order valence-corrected chi connectivity index (χ4v) is 7.54. The van der Waals surface area contributed by atoms with Gasteiger partial charge in [0.05, 0.1) is 13.0 Å². The van der Waals surface area contributed by atoms with Crippen molar-refractivity contribution in [2.24, 2.45) is 47.3 Å². The largest absolute Gasteiger partial charge is 0.469 e. The molecule has 0 N–H and O–H groups in total. The van der Waals surface area contributed by atoms with Crippen LogP contribution in [0.1, 0.15) is 37.7 Å². The normalized spacial score (nSPS) is 38.0. The van der Waals surface area contributed by atoms with E-state index >= 15 is 0 Å². The maximum atomic E-state index is 12.3. The van der Waals surface area contributed by atoms with Crippen molar-refractivity contribution in [3.63, 3.8) is 0 Å². The molecular formula is C27H32O4. The number of carbonyl (C=O) groups excluding carboxylic acids is 1. The lowest BCUT2D eigenvalue weighted by molar-refractivity contribution is -0.146. The molecule has 0 aromatic heterocycles. The van der Waals surface area contributed by atoms with E-state index in [0.717, 1.165) is 41.6 Å². The van der Waals surface area contributed by atoms with Crippen LogP contribution in [0.3, 0.4) is 0 Å². The molecule has 1 heterocycles. The number of ether oxygens (including phenoxy) is 3. The van der Waals surface area contributed by atoms with Gasteiger partial charge in [-0.1, -0.05) is 43.2 Å². The highest BCUT2D eigenvalue weighted by atomic mass is 16.7. The van der Waals surface area contributed by atoms with Gasteiger partial charge in [0.1, 0.15) is 0 Å². The first-order valence-electron chi connectivity index (χ1n) is 12.1. The summed E-state index contributed by atoms with van der Waals surface area (Å²) in [7, 11) is 1.51. The molecule has 2 fully saturated rings. The number of carbonyl (C=O) groups is 1. The van der Waals surface area contributed by atoms with Crippen molar-refractivity contribution in [2.45, 2.75) is 38.5 Å². The van der Waals surface area contributed by atoms with Gasteiger partial charge in [-0.2, -0.15) is 0 Å². The Kier molecular flexibility index (Phi) is 4.85. The Morgan fingerprint density at radius 1 is 1.00 bits per heavy atom. The SMILES string of the molecule is COC(=O)[C@H]1C=C[C@H]2C[C@H]3[C@H](CCCCCc4ccc5c(c4)OCO5)[C@@H]4C=C[C@@H]1[C@H]2[C@@H]43. The number of hydrogen-bond acceptors (Lipinski definition) is 4. The molecule has 5 aliphatic rings. The Morgan fingerprint density at radius 3 is 2.77 bits per heavy atom. The van der Waals surface area contributed by atoms with E-state index in [4.69, 9.17) is 14.2 Å². The summed E-state index contributed by atoms with van der Waals surface area (Å²) in [5.41, 5.74) is 1.35. The molecule has 0 bridgehead atoms. The highest BCUT2D eigenvalue weighted by molar-refractivity contribution is 5.75. The van der Waals surface area contributed by atoms with Gasteiger partial charge in [-0.25, -0.2) is 0 Å². The zero-order valence-electron chi connectivity index (χ0n) is 18.2. The number of unbranched alkanes of at least 4 members (excludes halogenated alkanes) is 2. The van der Waals surface area contributed by atoms with Gasteiger partial charge in [-0.05, 0) is 84.8 Å². The van der Waals surface area contributed by atoms with Crippen molar-refractivity contribution >= 4 is 5.97 Å². The minimum atomic E-state index is -0.0718. The average molecular weight is 421 g/mol. The van der Waals surface area contributed by atoms with Crippen LogP contribution in [0, 0.1) is 47.3 Å². The summed E-state index contributed by atoms with van der Waals surface area (Å²) in [6.07, 6.45) is 17.0. The molecular weight excluding hydrogens is 388 g/mol. The summed E-state index contributed by atoms with van der Waals surface area (Å²) in [5, 5.41) is 0. The molecule has 0 amide bonds. The third-order valence-corrected chi connectivity index (χ3v) is 8.86. The van der Waals surface area contributed by atoms with Crippen LogP contribution in [0.5, 0.6) is 11.5 Å². The fourth-order valence-electron chi connectivity index (χ4n) is 7.54. The third kappa shape index (κ3) is 3.13. The molecule has 1 aromatic rings. The lowest BCUT2D eigenvalue weighted by Crippen LogP contribution is -2.50. The number of esters is 1. The van der Waals surface area contributed by atoms with E-state index in [1.807, 2.05) is 6.07 Å². The summed E-state index contributed by atoms with van der Waals surface area (Å²) >= 11 is 0. The Labute approximate surface area is 184 Å². The van der Waals surface area contributed by atoms with Gasteiger partial charge in [-0.15, -0.1) is 0 Å². The first-order valence-corrected chi connectivity index (χ1v) is 12.1. The molecule has 8 atom stereocenters. The molecule has 4 heteroatoms. The van der Waals surface area contributed by atoms with Gasteiger partial charge in [-0.3, -0.25) is 4.79 Å². The van der Waals surface area contributed by atoms with Crippen LogP contribution < -0.4 is 9.47 Å². The Morgan fingerprint density at radius 2 is 1.87 bits per heavy atom. The predicted octanol–water partition coefficient (Wildman–Crippen LogP) is 5.18. The maximum absolute atomic E-state index is 12.3. The van der Waals surface area contributed by atoms with E-state index < -0.39 is 0 Å². The highest BCUT2D eigenvalue weighted by Crippen LogP contribution is 2.67. The Hall–Kier alpha value is -2.23. The van der Waals surface area contributed by atoms with E-state index in [0.29, 0.717) is 24.5 Å². The summed E-state index contributed by atoms with van der Waals surface area (Å²) < 4.78 is 16.0. The van der Waals surface area contributed by atoms with Crippen molar-refractivity contribution in [1.82, 2.24) is 0 Å². The lowest BCUT2D eigenvalue weighted by Gasteiger charge is -2.54. The third-order valence-electron chi connectivity index (χ3n) is 8.86. The molecule has 2 saturated carbocycles. The Bertz CT molecular complexity index is 918.